The zero-order valence-electron chi connectivity index (χ0n) is 11.5. The van der Waals surface area contributed by atoms with Gasteiger partial charge in [0.2, 0.25) is 0 Å². The van der Waals surface area contributed by atoms with E-state index in [1.54, 1.807) is 23.5 Å². The van der Waals surface area contributed by atoms with Crippen LogP contribution in [0.5, 0.6) is 5.75 Å². The van der Waals surface area contributed by atoms with Gasteiger partial charge in [-0.15, -0.1) is 11.3 Å². The highest BCUT2D eigenvalue weighted by Crippen LogP contribution is 2.28. The molecular weight excluding hydrogens is 360 g/mol. The maximum absolute atomic E-state index is 12.2. The molecule has 1 atom stereocenters. The van der Waals surface area contributed by atoms with Crippen LogP contribution in [0.3, 0.4) is 0 Å². The molecule has 0 spiro atoms. The van der Waals surface area contributed by atoms with Crippen LogP contribution in [0.25, 0.3) is 0 Å². The Bertz CT molecular complexity index is 559. The average molecular weight is 376 g/mol. The number of likely N-dealkylation sites (N-methyl/N-ethyl adjacent to an activating group) is 1. The minimum Gasteiger partial charge on any atom is -0.435 e. The third kappa shape index (κ3) is 5.05. The van der Waals surface area contributed by atoms with E-state index in [2.05, 4.69) is 32.0 Å². The van der Waals surface area contributed by atoms with Crippen molar-refractivity contribution in [2.24, 2.45) is 0 Å². The van der Waals surface area contributed by atoms with E-state index in [4.69, 9.17) is 0 Å². The van der Waals surface area contributed by atoms with Gasteiger partial charge in [-0.1, -0.05) is 19.1 Å². The number of benzene rings is 1. The average Bonchev–Trinajstić information content (AvgIpc) is 2.84. The maximum atomic E-state index is 12.2. The van der Waals surface area contributed by atoms with Crippen molar-refractivity contribution in [2.45, 2.75) is 26.0 Å². The smallest absolute Gasteiger partial charge is 0.387 e. The van der Waals surface area contributed by atoms with Crippen molar-refractivity contribution < 1.29 is 13.5 Å². The fourth-order valence-corrected chi connectivity index (χ4v) is 3.63. The number of alkyl halides is 2. The van der Waals surface area contributed by atoms with E-state index in [0.717, 1.165) is 22.3 Å². The molecule has 1 aromatic heterocycles. The molecule has 2 aromatic rings. The normalized spacial score (nSPS) is 12.6. The maximum Gasteiger partial charge on any atom is 0.387 e. The van der Waals surface area contributed by atoms with Crippen LogP contribution >= 0.6 is 27.3 Å². The number of ether oxygens (including phenoxy) is 1. The van der Waals surface area contributed by atoms with Crippen molar-refractivity contribution >= 4 is 27.3 Å². The summed E-state index contributed by atoms with van der Waals surface area (Å²) in [5.74, 6) is 0.183. The lowest BCUT2D eigenvalue weighted by Crippen LogP contribution is -2.22. The van der Waals surface area contributed by atoms with Crippen molar-refractivity contribution in [1.29, 1.82) is 0 Å². The number of halogens is 3. The largest absolute Gasteiger partial charge is 0.435 e. The summed E-state index contributed by atoms with van der Waals surface area (Å²) < 4.78 is 29.8. The number of hydrogen-bond acceptors (Lipinski definition) is 3. The molecule has 2 nitrogen and oxygen atoms in total. The van der Waals surface area contributed by atoms with Crippen LogP contribution in [-0.4, -0.2) is 13.2 Å². The Hall–Kier alpha value is -0.980. The Kier molecular flexibility index (Phi) is 6.14. The van der Waals surface area contributed by atoms with E-state index in [1.807, 2.05) is 25.1 Å². The fraction of sp³-hybridized carbons (Fsp3) is 0.333. The zero-order valence-corrected chi connectivity index (χ0v) is 13.9. The van der Waals surface area contributed by atoms with E-state index >= 15 is 0 Å². The standard InChI is InChI=1S/C15H16BrF2NOS/c1-2-19-13(9-12-7-8-14(16)21-12)10-3-5-11(6-4-10)20-15(17)18/h3-8,13,15,19H,2,9H2,1H3. The molecule has 0 bridgehead atoms. The molecule has 0 aliphatic carbocycles. The topological polar surface area (TPSA) is 21.3 Å². The first kappa shape index (κ1) is 16.4. The van der Waals surface area contributed by atoms with Gasteiger partial charge in [-0.25, -0.2) is 0 Å². The van der Waals surface area contributed by atoms with Gasteiger partial charge in [0.25, 0.3) is 0 Å². The van der Waals surface area contributed by atoms with Crippen LogP contribution in [0.1, 0.15) is 23.4 Å². The Balaban J connectivity index is 2.10. The number of thiophene rings is 1. The highest BCUT2D eigenvalue weighted by molar-refractivity contribution is 9.11. The van der Waals surface area contributed by atoms with Gasteiger partial charge in [-0.05, 0) is 52.3 Å². The predicted molar refractivity (Wildman–Crippen MR) is 85.2 cm³/mol. The van der Waals surface area contributed by atoms with Crippen molar-refractivity contribution in [2.75, 3.05) is 6.54 Å². The second kappa shape index (κ2) is 7.87. The molecule has 0 radical (unpaired) electrons. The Morgan fingerprint density at radius 1 is 1.19 bits per heavy atom. The molecule has 0 saturated carbocycles. The quantitative estimate of drug-likeness (QED) is 0.734. The monoisotopic (exact) mass is 375 g/mol. The van der Waals surface area contributed by atoms with Gasteiger partial charge < -0.3 is 10.1 Å². The molecule has 2 rings (SSSR count). The minimum absolute atomic E-state index is 0.154. The highest BCUT2D eigenvalue weighted by atomic mass is 79.9. The van der Waals surface area contributed by atoms with E-state index in [1.165, 1.54) is 4.88 Å². The summed E-state index contributed by atoms with van der Waals surface area (Å²) >= 11 is 5.16. The Morgan fingerprint density at radius 2 is 1.90 bits per heavy atom. The molecule has 1 heterocycles. The molecule has 0 fully saturated rings. The van der Waals surface area contributed by atoms with Crippen molar-refractivity contribution in [3.63, 3.8) is 0 Å². The van der Waals surface area contributed by atoms with Crippen molar-refractivity contribution in [3.8, 4) is 5.75 Å². The lowest BCUT2D eigenvalue weighted by atomic mass is 10.0. The first-order valence-corrected chi connectivity index (χ1v) is 8.21. The summed E-state index contributed by atoms with van der Waals surface area (Å²) in [5.41, 5.74) is 1.06. The molecule has 1 aromatic carbocycles. The molecule has 0 amide bonds. The Labute approximate surface area is 135 Å². The van der Waals surface area contributed by atoms with Gasteiger partial charge >= 0.3 is 6.61 Å². The molecule has 0 aliphatic rings. The van der Waals surface area contributed by atoms with Crippen LogP contribution in [0.15, 0.2) is 40.2 Å². The molecule has 6 heteroatoms. The van der Waals surface area contributed by atoms with Crippen LogP contribution in [0.2, 0.25) is 0 Å². The van der Waals surface area contributed by atoms with E-state index < -0.39 is 6.61 Å². The van der Waals surface area contributed by atoms with Gasteiger partial charge in [0.15, 0.2) is 0 Å². The summed E-state index contributed by atoms with van der Waals surface area (Å²) in [7, 11) is 0. The summed E-state index contributed by atoms with van der Waals surface area (Å²) in [6.07, 6.45) is 0.860. The summed E-state index contributed by atoms with van der Waals surface area (Å²) in [5, 5.41) is 3.42. The van der Waals surface area contributed by atoms with E-state index in [9.17, 15) is 8.78 Å². The number of rotatable bonds is 7. The fourth-order valence-electron chi connectivity index (χ4n) is 2.10. The lowest BCUT2D eigenvalue weighted by Gasteiger charge is -2.18. The number of hydrogen-bond donors (Lipinski definition) is 1. The first-order valence-electron chi connectivity index (χ1n) is 6.61. The van der Waals surface area contributed by atoms with Crippen LogP contribution in [0, 0.1) is 0 Å². The molecule has 21 heavy (non-hydrogen) atoms. The Morgan fingerprint density at radius 3 is 2.43 bits per heavy atom. The lowest BCUT2D eigenvalue weighted by molar-refractivity contribution is -0.0498. The SMILES string of the molecule is CCNC(Cc1ccc(Br)s1)c1ccc(OC(F)F)cc1. The van der Waals surface area contributed by atoms with Gasteiger partial charge in [-0.2, -0.15) is 8.78 Å². The zero-order chi connectivity index (χ0) is 15.2. The van der Waals surface area contributed by atoms with Crippen LogP contribution in [-0.2, 0) is 6.42 Å². The van der Waals surface area contributed by atoms with Gasteiger partial charge in [0.1, 0.15) is 5.75 Å². The minimum atomic E-state index is -2.79. The molecule has 0 aliphatic heterocycles. The molecule has 114 valence electrons. The molecule has 0 saturated heterocycles. The summed E-state index contributed by atoms with van der Waals surface area (Å²) in [6.45, 7) is 0.0989. The van der Waals surface area contributed by atoms with Crippen LogP contribution < -0.4 is 10.1 Å². The summed E-state index contributed by atoms with van der Waals surface area (Å²) in [6, 6.07) is 11.1. The van der Waals surface area contributed by atoms with E-state index in [0.29, 0.717) is 0 Å². The third-order valence-corrected chi connectivity index (χ3v) is 4.64. The molecule has 1 N–H and O–H groups in total. The second-order valence-corrected chi connectivity index (χ2v) is 7.02. The van der Waals surface area contributed by atoms with Crippen LogP contribution in [0.4, 0.5) is 8.78 Å². The first-order chi connectivity index (χ1) is 10.1. The van der Waals surface area contributed by atoms with E-state index in [-0.39, 0.29) is 11.8 Å². The van der Waals surface area contributed by atoms with Gasteiger partial charge in [-0.3, -0.25) is 0 Å². The molecular formula is C15H16BrF2NOS. The second-order valence-electron chi connectivity index (χ2n) is 4.47. The number of nitrogens with one attached hydrogen (secondary N) is 1. The van der Waals surface area contributed by atoms with Crippen molar-refractivity contribution in [3.05, 3.63) is 50.6 Å². The highest BCUT2D eigenvalue weighted by Gasteiger charge is 2.13. The van der Waals surface area contributed by atoms with Gasteiger partial charge in [0.05, 0.1) is 3.79 Å². The summed E-state index contributed by atoms with van der Waals surface area (Å²) in [4.78, 5) is 1.26. The molecule has 1 unspecified atom stereocenters. The predicted octanol–water partition coefficient (Wildman–Crippen LogP) is 5.01. The van der Waals surface area contributed by atoms with Gasteiger partial charge in [0, 0.05) is 17.3 Å². The third-order valence-electron chi connectivity index (χ3n) is 2.99. The van der Waals surface area contributed by atoms with Crippen molar-refractivity contribution in [1.82, 2.24) is 5.32 Å².